The van der Waals surface area contributed by atoms with E-state index in [1.54, 1.807) is 0 Å². The van der Waals surface area contributed by atoms with E-state index >= 15 is 0 Å². The molecule has 0 aliphatic carbocycles. The molecule has 1 atom stereocenters. The molecule has 1 amide bonds. The van der Waals surface area contributed by atoms with Crippen LogP contribution in [0, 0.1) is 5.41 Å². The summed E-state index contributed by atoms with van der Waals surface area (Å²) in [6.45, 7) is 10.5. The van der Waals surface area contributed by atoms with E-state index in [9.17, 15) is 4.79 Å². The molecule has 2 saturated heterocycles. The molecule has 3 heterocycles. The molecule has 2 aliphatic rings. The molecular weight excluding hydrogens is 312 g/mol. The fourth-order valence-corrected chi connectivity index (χ4v) is 4.37. The minimum absolute atomic E-state index is 0.277. The number of aryl methyl sites for hydroxylation is 1. The third kappa shape index (κ3) is 4.38. The molecule has 0 radical (unpaired) electrons. The molecule has 0 unspecified atom stereocenters. The van der Waals surface area contributed by atoms with Gasteiger partial charge in [-0.05, 0) is 46.1 Å². The molecule has 2 aliphatic heterocycles. The maximum absolute atomic E-state index is 12.2. The Morgan fingerprint density at radius 2 is 1.96 bits per heavy atom. The Morgan fingerprint density at radius 3 is 2.64 bits per heavy atom. The summed E-state index contributed by atoms with van der Waals surface area (Å²) in [5.74, 6) is 1.28. The first-order chi connectivity index (χ1) is 12.0. The molecule has 1 aromatic rings. The van der Waals surface area contributed by atoms with Crippen molar-refractivity contribution in [3.05, 3.63) is 23.8 Å². The second-order valence-electron chi connectivity index (χ2n) is 8.19. The number of aromatic nitrogens is 2. The lowest BCUT2D eigenvalue weighted by molar-refractivity contribution is -0.141. The van der Waals surface area contributed by atoms with Gasteiger partial charge in [0.2, 0.25) is 5.91 Å². The van der Waals surface area contributed by atoms with Crippen LogP contribution in [0.25, 0.3) is 0 Å². The highest BCUT2D eigenvalue weighted by Crippen LogP contribution is 2.39. The average molecular weight is 345 g/mol. The van der Waals surface area contributed by atoms with Gasteiger partial charge in [0.05, 0.1) is 0 Å². The summed E-state index contributed by atoms with van der Waals surface area (Å²) in [5.41, 5.74) is 1.48. The van der Waals surface area contributed by atoms with Crippen LogP contribution >= 0.6 is 0 Å². The summed E-state index contributed by atoms with van der Waals surface area (Å²) in [6, 6.07) is 0.305. The van der Waals surface area contributed by atoms with E-state index in [0.29, 0.717) is 18.4 Å². The van der Waals surface area contributed by atoms with Crippen LogP contribution in [-0.2, 0) is 17.8 Å². The number of carbonyl (C=O) groups is 1. The summed E-state index contributed by atoms with van der Waals surface area (Å²) >= 11 is 0. The zero-order valence-corrected chi connectivity index (χ0v) is 16.0. The predicted octanol–water partition coefficient (Wildman–Crippen LogP) is 3.04. The van der Waals surface area contributed by atoms with Gasteiger partial charge in [0.15, 0.2) is 0 Å². The fraction of sp³-hybridized carbons (Fsp3) is 0.750. The number of likely N-dealkylation sites (tertiary alicyclic amines) is 2. The maximum atomic E-state index is 12.2. The lowest BCUT2D eigenvalue weighted by Crippen LogP contribution is -2.55. The van der Waals surface area contributed by atoms with Crippen molar-refractivity contribution >= 4 is 5.91 Å². The van der Waals surface area contributed by atoms with Crippen LogP contribution in [0.1, 0.15) is 64.3 Å². The number of nitrogens with zero attached hydrogens (tertiary/aromatic N) is 4. The zero-order chi connectivity index (χ0) is 17.9. The number of amides is 1. The summed E-state index contributed by atoms with van der Waals surface area (Å²) in [6.07, 6.45) is 10.2. The van der Waals surface area contributed by atoms with Crippen molar-refractivity contribution in [2.24, 2.45) is 5.41 Å². The molecule has 2 fully saturated rings. The molecular formula is C20H32N4O. The van der Waals surface area contributed by atoms with Crippen LogP contribution in [0.2, 0.25) is 0 Å². The van der Waals surface area contributed by atoms with Crippen LogP contribution in [-0.4, -0.2) is 51.4 Å². The van der Waals surface area contributed by atoms with Gasteiger partial charge in [0, 0.05) is 61.9 Å². The van der Waals surface area contributed by atoms with Crippen LogP contribution in [0.4, 0.5) is 0 Å². The van der Waals surface area contributed by atoms with Gasteiger partial charge in [-0.1, -0.05) is 6.92 Å². The minimum atomic E-state index is 0.277. The number of piperidine rings is 2. The van der Waals surface area contributed by atoms with Gasteiger partial charge in [-0.2, -0.15) is 0 Å². The monoisotopic (exact) mass is 344 g/mol. The van der Waals surface area contributed by atoms with E-state index in [4.69, 9.17) is 0 Å². The van der Waals surface area contributed by atoms with Crippen molar-refractivity contribution in [1.29, 1.82) is 0 Å². The van der Waals surface area contributed by atoms with Gasteiger partial charge < -0.3 is 4.90 Å². The van der Waals surface area contributed by atoms with E-state index < -0.39 is 0 Å². The van der Waals surface area contributed by atoms with Crippen LogP contribution in [0.15, 0.2) is 12.4 Å². The summed E-state index contributed by atoms with van der Waals surface area (Å²) in [4.78, 5) is 25.8. The SMILES string of the molecule is CCCc1ncc(CN2CCC[C@@]3(CCC(=O)N(C(C)C)C3)C2)cn1. The maximum Gasteiger partial charge on any atom is 0.222 e. The molecule has 0 bridgehead atoms. The topological polar surface area (TPSA) is 49.3 Å². The van der Waals surface area contributed by atoms with Crippen molar-refractivity contribution in [3.63, 3.8) is 0 Å². The van der Waals surface area contributed by atoms with Crippen molar-refractivity contribution in [3.8, 4) is 0 Å². The zero-order valence-electron chi connectivity index (χ0n) is 16.0. The van der Waals surface area contributed by atoms with E-state index in [-0.39, 0.29) is 5.41 Å². The summed E-state index contributed by atoms with van der Waals surface area (Å²) in [5, 5.41) is 0. The Hall–Kier alpha value is -1.49. The fourth-order valence-electron chi connectivity index (χ4n) is 4.37. The number of rotatable bonds is 5. The molecule has 5 heteroatoms. The molecule has 138 valence electrons. The second-order valence-corrected chi connectivity index (χ2v) is 8.19. The first kappa shape index (κ1) is 18.3. The van der Waals surface area contributed by atoms with E-state index in [0.717, 1.165) is 51.3 Å². The highest BCUT2D eigenvalue weighted by molar-refractivity contribution is 5.77. The number of hydrogen-bond acceptors (Lipinski definition) is 4. The third-order valence-electron chi connectivity index (χ3n) is 5.70. The van der Waals surface area contributed by atoms with E-state index in [2.05, 4.69) is 40.5 Å². The van der Waals surface area contributed by atoms with E-state index in [1.807, 2.05) is 12.4 Å². The first-order valence-electron chi connectivity index (χ1n) is 9.83. The van der Waals surface area contributed by atoms with Gasteiger partial charge in [0.25, 0.3) is 0 Å². The smallest absolute Gasteiger partial charge is 0.222 e. The van der Waals surface area contributed by atoms with Gasteiger partial charge in [-0.3, -0.25) is 9.69 Å². The highest BCUT2D eigenvalue weighted by Gasteiger charge is 2.42. The Balaban J connectivity index is 1.63. The van der Waals surface area contributed by atoms with Gasteiger partial charge in [-0.15, -0.1) is 0 Å². The second kappa shape index (κ2) is 7.81. The Morgan fingerprint density at radius 1 is 1.20 bits per heavy atom. The first-order valence-corrected chi connectivity index (χ1v) is 9.83. The van der Waals surface area contributed by atoms with E-state index in [1.165, 1.54) is 18.4 Å². The van der Waals surface area contributed by atoms with Gasteiger partial charge in [0.1, 0.15) is 5.82 Å². The number of hydrogen-bond donors (Lipinski definition) is 0. The van der Waals surface area contributed by atoms with Gasteiger partial charge >= 0.3 is 0 Å². The Bertz CT molecular complexity index is 586. The summed E-state index contributed by atoms with van der Waals surface area (Å²) in [7, 11) is 0. The molecule has 0 saturated carbocycles. The third-order valence-corrected chi connectivity index (χ3v) is 5.70. The Kier molecular flexibility index (Phi) is 5.72. The lowest BCUT2D eigenvalue weighted by Gasteiger charge is -2.49. The molecule has 5 nitrogen and oxygen atoms in total. The Labute approximate surface area is 151 Å². The van der Waals surface area contributed by atoms with Crippen LogP contribution < -0.4 is 0 Å². The van der Waals surface area contributed by atoms with Crippen molar-refractivity contribution in [2.75, 3.05) is 19.6 Å². The van der Waals surface area contributed by atoms with Gasteiger partial charge in [-0.25, -0.2) is 9.97 Å². The average Bonchev–Trinajstić information content (AvgIpc) is 2.59. The molecule has 25 heavy (non-hydrogen) atoms. The molecule has 1 spiro atoms. The minimum Gasteiger partial charge on any atom is -0.340 e. The molecule has 0 N–H and O–H groups in total. The largest absolute Gasteiger partial charge is 0.340 e. The molecule has 0 aromatic carbocycles. The lowest BCUT2D eigenvalue weighted by atomic mass is 9.73. The highest BCUT2D eigenvalue weighted by atomic mass is 16.2. The number of carbonyl (C=O) groups excluding carboxylic acids is 1. The predicted molar refractivity (Wildman–Crippen MR) is 99.1 cm³/mol. The van der Waals surface area contributed by atoms with Crippen LogP contribution in [0.5, 0.6) is 0 Å². The van der Waals surface area contributed by atoms with Crippen molar-refractivity contribution in [2.45, 2.75) is 71.9 Å². The van der Waals surface area contributed by atoms with Crippen molar-refractivity contribution < 1.29 is 4.79 Å². The molecule has 1 aromatic heterocycles. The standard InChI is InChI=1S/C20H32N4O/c1-4-6-18-21-11-17(12-22-18)13-23-10-5-8-20(14-23)9-7-19(25)24(15-20)16(2)3/h11-12,16H,4-10,13-15H2,1-3H3/t20-/m1/s1. The quantitative estimate of drug-likeness (QED) is 0.824. The van der Waals surface area contributed by atoms with Crippen LogP contribution in [0.3, 0.4) is 0 Å². The molecule has 3 rings (SSSR count). The summed E-state index contributed by atoms with van der Waals surface area (Å²) < 4.78 is 0. The van der Waals surface area contributed by atoms with Crippen molar-refractivity contribution in [1.82, 2.24) is 19.8 Å². The normalized spacial score (nSPS) is 25.1.